The third kappa shape index (κ3) is 6.53. The van der Waals surface area contributed by atoms with Crippen LogP contribution < -0.4 is 19.7 Å². The summed E-state index contributed by atoms with van der Waals surface area (Å²) in [4.78, 5) is 8.56. The topological polar surface area (TPSA) is 141 Å². The van der Waals surface area contributed by atoms with Crippen LogP contribution in [0.4, 0.5) is 0 Å². The van der Waals surface area contributed by atoms with Crippen molar-refractivity contribution in [2.45, 2.75) is 13.5 Å². The zero-order valence-corrected chi connectivity index (χ0v) is 11.4. The maximum atomic E-state index is 8.60. The Hall–Kier alpha value is -1.61. The van der Waals surface area contributed by atoms with Gasteiger partial charge in [0.05, 0.1) is 26.3 Å². The van der Waals surface area contributed by atoms with Crippen molar-refractivity contribution in [2.24, 2.45) is 5.73 Å². The SMILES string of the molecule is Cc1ccnc(-c2cc(CN)ccn2)c1.[O-][Cl+3]([O-])([O-])O. The van der Waals surface area contributed by atoms with Gasteiger partial charge in [-0.2, -0.15) is 14.0 Å². The van der Waals surface area contributed by atoms with Crippen LogP contribution in [0.1, 0.15) is 11.1 Å². The van der Waals surface area contributed by atoms with E-state index in [1.165, 1.54) is 5.56 Å². The lowest BCUT2D eigenvalue weighted by Crippen LogP contribution is -2.58. The molecule has 0 spiro atoms. The van der Waals surface area contributed by atoms with E-state index in [-0.39, 0.29) is 0 Å². The summed E-state index contributed by atoms with van der Waals surface area (Å²) in [6, 6.07) is 7.87. The van der Waals surface area contributed by atoms with Crippen LogP contribution in [0.3, 0.4) is 0 Å². The summed E-state index contributed by atoms with van der Waals surface area (Å²) in [5.74, 6) is 0. The molecule has 0 aliphatic carbocycles. The Labute approximate surface area is 118 Å². The van der Waals surface area contributed by atoms with Crippen molar-refractivity contribution in [3.63, 3.8) is 0 Å². The second kappa shape index (κ2) is 7.25. The molecule has 0 aliphatic rings. The number of nitrogens with zero attached hydrogens (tertiary/aromatic N) is 2. The zero-order valence-electron chi connectivity index (χ0n) is 10.7. The van der Waals surface area contributed by atoms with Crippen LogP contribution in [0.25, 0.3) is 11.4 Å². The van der Waals surface area contributed by atoms with E-state index < -0.39 is 10.2 Å². The molecule has 7 nitrogen and oxygen atoms in total. The van der Waals surface area contributed by atoms with Gasteiger partial charge in [-0.05, 0) is 42.3 Å². The van der Waals surface area contributed by atoms with E-state index in [0.717, 1.165) is 17.0 Å². The molecule has 20 heavy (non-hydrogen) atoms. The molecule has 0 saturated carbocycles. The minimum Gasteiger partial charge on any atom is -0.326 e. The van der Waals surface area contributed by atoms with Crippen molar-refractivity contribution in [3.8, 4) is 11.4 Å². The molecule has 2 aromatic heterocycles. The molecule has 0 aliphatic heterocycles. The summed E-state index contributed by atoms with van der Waals surface area (Å²) in [6.45, 7) is 2.57. The quantitative estimate of drug-likeness (QED) is 0.640. The van der Waals surface area contributed by atoms with Crippen molar-refractivity contribution in [2.75, 3.05) is 0 Å². The van der Waals surface area contributed by atoms with E-state index in [1.54, 1.807) is 12.4 Å². The third-order valence-electron chi connectivity index (χ3n) is 2.24. The third-order valence-corrected chi connectivity index (χ3v) is 2.24. The van der Waals surface area contributed by atoms with Gasteiger partial charge in [0, 0.05) is 18.9 Å². The Kier molecular flexibility index (Phi) is 5.96. The average molecular weight is 300 g/mol. The van der Waals surface area contributed by atoms with Crippen molar-refractivity contribution < 1.29 is 28.9 Å². The molecule has 2 aromatic rings. The zero-order chi connectivity index (χ0) is 15.2. The molecule has 2 rings (SSSR count). The first-order valence-electron chi connectivity index (χ1n) is 5.51. The summed E-state index contributed by atoms with van der Waals surface area (Å²) in [5, 5.41) is 0. The first kappa shape index (κ1) is 16.4. The molecular formula is C12H14ClN3O4. The molecule has 0 radical (unpaired) electrons. The van der Waals surface area contributed by atoms with Crippen LogP contribution in [-0.4, -0.2) is 14.6 Å². The van der Waals surface area contributed by atoms with E-state index in [1.807, 2.05) is 31.2 Å². The number of rotatable bonds is 2. The minimum absolute atomic E-state index is 0.529. The van der Waals surface area contributed by atoms with Crippen LogP contribution in [0.2, 0.25) is 0 Å². The van der Waals surface area contributed by atoms with E-state index in [9.17, 15) is 0 Å². The van der Waals surface area contributed by atoms with E-state index in [4.69, 9.17) is 24.4 Å². The average Bonchev–Trinajstić information content (AvgIpc) is 2.37. The van der Waals surface area contributed by atoms with Crippen molar-refractivity contribution in [1.82, 2.24) is 9.97 Å². The van der Waals surface area contributed by atoms with Crippen LogP contribution in [-0.2, 0) is 6.54 Å². The molecule has 108 valence electrons. The Bertz CT molecular complexity index is 554. The van der Waals surface area contributed by atoms with E-state index >= 15 is 0 Å². The van der Waals surface area contributed by atoms with Gasteiger partial charge in [-0.3, -0.25) is 9.97 Å². The second-order valence-corrected chi connectivity index (χ2v) is 4.66. The molecule has 0 amide bonds. The number of pyridine rings is 2. The smallest absolute Gasteiger partial charge is 0.0889 e. The Balaban J connectivity index is 0.000000347. The van der Waals surface area contributed by atoms with Gasteiger partial charge in [0.2, 0.25) is 0 Å². The summed E-state index contributed by atoms with van der Waals surface area (Å²) in [6.07, 6.45) is 3.56. The highest BCUT2D eigenvalue weighted by molar-refractivity contribution is 5.55. The van der Waals surface area contributed by atoms with Crippen LogP contribution in [0.5, 0.6) is 0 Å². The van der Waals surface area contributed by atoms with Crippen molar-refractivity contribution >= 4 is 0 Å². The predicted molar refractivity (Wildman–Crippen MR) is 62.3 cm³/mol. The van der Waals surface area contributed by atoms with Crippen molar-refractivity contribution in [1.29, 1.82) is 0 Å². The fraction of sp³-hybridized carbons (Fsp3) is 0.167. The van der Waals surface area contributed by atoms with E-state index in [0.29, 0.717) is 6.54 Å². The first-order chi connectivity index (χ1) is 9.29. The second-order valence-electron chi connectivity index (χ2n) is 3.87. The van der Waals surface area contributed by atoms with Crippen molar-refractivity contribution in [3.05, 3.63) is 47.8 Å². The van der Waals surface area contributed by atoms with Crippen LogP contribution in [0, 0.1) is 17.2 Å². The molecule has 0 fully saturated rings. The summed E-state index contributed by atoms with van der Waals surface area (Å²) >= 11 is 0. The standard InChI is InChI=1S/C12H13N3.ClHO4/c1-9-2-4-14-11(6-9)12-7-10(8-13)3-5-15-12;2-1(3,4)5/h2-7H,8,13H2,1H3;(H,2,3,4,5). The number of aromatic nitrogens is 2. The Morgan fingerprint density at radius 2 is 1.60 bits per heavy atom. The van der Waals surface area contributed by atoms with Gasteiger partial charge < -0.3 is 5.73 Å². The molecule has 0 atom stereocenters. The molecule has 0 saturated heterocycles. The van der Waals surface area contributed by atoms with Gasteiger partial charge in [-0.15, -0.1) is 0 Å². The lowest BCUT2D eigenvalue weighted by molar-refractivity contribution is -1.92. The van der Waals surface area contributed by atoms with Crippen LogP contribution >= 0.6 is 0 Å². The maximum absolute atomic E-state index is 8.60. The maximum Gasteiger partial charge on any atom is 0.0889 e. The van der Waals surface area contributed by atoms with Gasteiger partial charge in [-0.25, -0.2) is 0 Å². The lowest BCUT2D eigenvalue weighted by Gasteiger charge is -2.03. The number of hydrogen-bond donors (Lipinski definition) is 2. The molecule has 8 heteroatoms. The van der Waals surface area contributed by atoms with Gasteiger partial charge in [0.25, 0.3) is 0 Å². The molecular weight excluding hydrogens is 286 g/mol. The molecule has 0 unspecified atom stereocenters. The number of aryl methyl sites for hydroxylation is 1. The minimum atomic E-state index is -4.69. The fourth-order valence-corrected chi connectivity index (χ4v) is 1.42. The highest BCUT2D eigenvalue weighted by Gasteiger charge is 2.01. The number of hydrogen-bond acceptors (Lipinski definition) is 7. The largest absolute Gasteiger partial charge is 0.326 e. The summed E-state index contributed by atoms with van der Waals surface area (Å²) in [7, 11) is -4.69. The van der Waals surface area contributed by atoms with E-state index in [2.05, 4.69) is 9.97 Å². The van der Waals surface area contributed by atoms with Gasteiger partial charge >= 0.3 is 0 Å². The van der Waals surface area contributed by atoms with Gasteiger partial charge in [0.15, 0.2) is 0 Å². The monoisotopic (exact) mass is 299 g/mol. The first-order valence-corrected chi connectivity index (χ1v) is 6.77. The van der Waals surface area contributed by atoms with Gasteiger partial charge in [-0.1, -0.05) is 0 Å². The Morgan fingerprint density at radius 1 is 1.10 bits per heavy atom. The fourth-order valence-electron chi connectivity index (χ4n) is 1.42. The normalized spacial score (nSPS) is 10.7. The number of nitrogens with two attached hydrogens (primary N) is 1. The highest BCUT2D eigenvalue weighted by atomic mass is 35.7. The van der Waals surface area contributed by atoms with Crippen LogP contribution in [0.15, 0.2) is 36.7 Å². The molecule has 3 N–H and O–H groups in total. The lowest BCUT2D eigenvalue weighted by atomic mass is 10.1. The summed E-state index contributed by atoms with van der Waals surface area (Å²) < 4.78 is 32.7. The highest BCUT2D eigenvalue weighted by Crippen LogP contribution is 2.15. The number of halogens is 1. The van der Waals surface area contributed by atoms with Gasteiger partial charge in [0.1, 0.15) is 0 Å². The Morgan fingerprint density at radius 3 is 2.10 bits per heavy atom. The molecule has 0 aromatic carbocycles. The molecule has 2 heterocycles. The molecule has 0 bridgehead atoms. The summed E-state index contributed by atoms with van der Waals surface area (Å²) in [5.41, 5.74) is 9.60. The predicted octanol–water partition coefficient (Wildman–Crippen LogP) is -2.21.